The molecule has 2 aromatic carbocycles. The van der Waals surface area contributed by atoms with Crippen molar-refractivity contribution in [3.63, 3.8) is 0 Å². The van der Waals surface area contributed by atoms with Gasteiger partial charge < -0.3 is 15.5 Å². The minimum atomic E-state index is -1.14. The van der Waals surface area contributed by atoms with Crippen molar-refractivity contribution in [1.29, 1.82) is 0 Å². The number of nitrogens with one attached hydrogen (secondary N) is 2. The lowest BCUT2D eigenvalue weighted by Gasteiger charge is -2.31. The number of pyridine rings is 3. The van der Waals surface area contributed by atoms with Crippen molar-refractivity contribution in [2.75, 3.05) is 18.5 Å². The van der Waals surface area contributed by atoms with Gasteiger partial charge in [0.2, 0.25) is 0 Å². The Bertz CT molecular complexity index is 2060. The molecule has 49 heavy (non-hydrogen) atoms. The van der Waals surface area contributed by atoms with Gasteiger partial charge in [-0.1, -0.05) is 53.5 Å². The number of aliphatic carboxylic acids is 1. The van der Waals surface area contributed by atoms with E-state index in [9.17, 15) is 15.0 Å². The third-order valence-electron chi connectivity index (χ3n) is 8.64. The van der Waals surface area contributed by atoms with E-state index in [2.05, 4.69) is 44.3 Å². The third kappa shape index (κ3) is 7.59. The monoisotopic (exact) mass is 700 g/mol. The normalized spacial score (nSPS) is 14.2. The van der Waals surface area contributed by atoms with Gasteiger partial charge in [-0.3, -0.25) is 25.0 Å². The first kappa shape index (κ1) is 34.4. The largest absolute Gasteiger partial charge is 0.480 e. The third-order valence-corrected chi connectivity index (χ3v) is 9.47. The van der Waals surface area contributed by atoms with E-state index in [0.29, 0.717) is 49.8 Å². The molecule has 4 N–H and O–H groups in total. The number of anilines is 2. The summed E-state index contributed by atoms with van der Waals surface area (Å²) >= 11 is 13.8. The summed E-state index contributed by atoms with van der Waals surface area (Å²) in [5, 5.41) is 26.0. The first-order chi connectivity index (χ1) is 23.6. The Morgan fingerprint density at radius 1 is 1.02 bits per heavy atom. The van der Waals surface area contributed by atoms with Crippen molar-refractivity contribution >= 4 is 63.5 Å². The van der Waals surface area contributed by atoms with Crippen LogP contribution in [0.25, 0.3) is 33.9 Å². The van der Waals surface area contributed by atoms with Gasteiger partial charge in [0.15, 0.2) is 5.82 Å². The average Bonchev–Trinajstić information content (AvgIpc) is 3.10. The molecule has 9 nitrogen and oxygen atoms in total. The van der Waals surface area contributed by atoms with Gasteiger partial charge in [0.25, 0.3) is 0 Å². The fourth-order valence-electron chi connectivity index (χ4n) is 5.84. The molecule has 0 saturated carbocycles. The molecule has 1 aliphatic heterocycles. The number of halogens is 3. The summed E-state index contributed by atoms with van der Waals surface area (Å²) in [6, 6.07) is 15.7. The molecule has 12 heteroatoms. The number of carboxylic acid groups (broad SMARTS) is 1. The Kier molecular flexibility index (Phi) is 10.5. The molecular weight excluding hydrogens is 666 g/mol. The van der Waals surface area contributed by atoms with Crippen molar-refractivity contribution in [3.8, 4) is 11.1 Å². The maximum Gasteiger partial charge on any atom is 0.323 e. The van der Waals surface area contributed by atoms with Crippen LogP contribution >= 0.6 is 23.2 Å². The first-order valence-corrected chi connectivity index (χ1v) is 16.6. The summed E-state index contributed by atoms with van der Waals surface area (Å²) in [4.78, 5) is 27.1. The lowest BCUT2D eigenvalue weighted by Crippen LogP contribution is -2.39. The number of rotatable bonds is 11. The highest BCUT2D eigenvalue weighted by atomic mass is 35.5. The molecular formula is C37H35Cl2FN6O3. The van der Waals surface area contributed by atoms with Crippen molar-refractivity contribution in [1.82, 2.24) is 25.2 Å². The molecule has 0 bridgehead atoms. The van der Waals surface area contributed by atoms with E-state index in [-0.39, 0.29) is 12.2 Å². The van der Waals surface area contributed by atoms with Crippen LogP contribution in [-0.4, -0.2) is 61.3 Å². The van der Waals surface area contributed by atoms with Crippen molar-refractivity contribution in [2.45, 2.75) is 45.4 Å². The fourth-order valence-corrected chi connectivity index (χ4v) is 6.40. The maximum atomic E-state index is 15.6. The number of carbonyl (C=O) groups is 1. The van der Waals surface area contributed by atoms with Gasteiger partial charge in [0, 0.05) is 60.8 Å². The second kappa shape index (κ2) is 15.0. The summed E-state index contributed by atoms with van der Waals surface area (Å²) in [6.45, 7) is 5.76. The molecule has 5 aromatic rings. The summed E-state index contributed by atoms with van der Waals surface area (Å²) in [5.41, 5.74) is 6.18. The van der Waals surface area contributed by atoms with Crippen LogP contribution in [0, 0.1) is 0 Å². The second-order valence-corrected chi connectivity index (χ2v) is 12.9. The highest BCUT2D eigenvalue weighted by Gasteiger charge is 2.21. The highest BCUT2D eigenvalue weighted by Crippen LogP contribution is 2.40. The van der Waals surface area contributed by atoms with Gasteiger partial charge in [-0.15, -0.1) is 0 Å². The molecule has 0 spiro atoms. The van der Waals surface area contributed by atoms with E-state index in [1.54, 1.807) is 36.8 Å². The SMILES string of the molecule is CC(C)N1CCc2cc(/C(F)=C/c3cccc(-c4cccc(Nc5nccc6cc(CN[C@H](CO)C(=O)O)cnc56)c4Cl)c3Cl)ncc2C1. The smallest absolute Gasteiger partial charge is 0.323 e. The van der Waals surface area contributed by atoms with Gasteiger partial charge in [-0.2, -0.15) is 0 Å². The Hall–Kier alpha value is -4.45. The Morgan fingerprint density at radius 3 is 2.55 bits per heavy atom. The zero-order valence-corrected chi connectivity index (χ0v) is 28.4. The number of aromatic nitrogens is 3. The van der Waals surface area contributed by atoms with Crippen molar-refractivity contribution in [3.05, 3.63) is 111 Å². The highest BCUT2D eigenvalue weighted by molar-refractivity contribution is 6.39. The Labute approximate surface area is 293 Å². The zero-order chi connectivity index (χ0) is 34.7. The predicted molar refractivity (Wildman–Crippen MR) is 193 cm³/mol. The quantitative estimate of drug-likeness (QED) is 0.111. The number of carboxylic acids is 1. The summed E-state index contributed by atoms with van der Waals surface area (Å²) in [5.74, 6) is -1.14. The number of benzene rings is 2. The topological polar surface area (TPSA) is 124 Å². The second-order valence-electron chi connectivity index (χ2n) is 12.2. The van der Waals surface area contributed by atoms with Gasteiger partial charge in [-0.05, 0) is 72.9 Å². The predicted octanol–water partition coefficient (Wildman–Crippen LogP) is 7.51. The van der Waals surface area contributed by atoms with Crippen LogP contribution < -0.4 is 10.6 Å². The number of aliphatic hydroxyl groups is 1. The molecule has 4 heterocycles. The summed E-state index contributed by atoms with van der Waals surface area (Å²) < 4.78 is 15.6. The number of aliphatic hydroxyl groups excluding tert-OH is 1. The average molecular weight is 702 g/mol. The van der Waals surface area contributed by atoms with E-state index >= 15 is 4.39 Å². The molecule has 0 radical (unpaired) electrons. The van der Waals surface area contributed by atoms with Crippen LogP contribution in [-0.2, 0) is 24.3 Å². The molecule has 6 rings (SSSR count). The van der Waals surface area contributed by atoms with Crippen LogP contribution in [0.1, 0.15) is 41.8 Å². The first-order valence-electron chi connectivity index (χ1n) is 15.9. The minimum absolute atomic E-state index is 0.208. The summed E-state index contributed by atoms with van der Waals surface area (Å²) in [7, 11) is 0. The van der Waals surface area contributed by atoms with Gasteiger partial charge in [0.1, 0.15) is 17.4 Å². The Balaban J connectivity index is 1.24. The lowest BCUT2D eigenvalue weighted by molar-refractivity contribution is -0.140. The summed E-state index contributed by atoms with van der Waals surface area (Å²) in [6.07, 6.45) is 7.27. The lowest BCUT2D eigenvalue weighted by atomic mass is 9.99. The number of hydrogen-bond donors (Lipinski definition) is 4. The molecule has 1 atom stereocenters. The molecule has 0 fully saturated rings. The molecule has 0 amide bonds. The van der Waals surface area contributed by atoms with Gasteiger partial charge in [0.05, 0.1) is 28.0 Å². The zero-order valence-electron chi connectivity index (χ0n) is 26.9. The molecule has 252 valence electrons. The van der Waals surface area contributed by atoms with Crippen LogP contribution in [0.5, 0.6) is 0 Å². The molecule has 3 aromatic heterocycles. The van der Waals surface area contributed by atoms with E-state index < -0.39 is 24.4 Å². The van der Waals surface area contributed by atoms with E-state index in [1.165, 1.54) is 6.08 Å². The van der Waals surface area contributed by atoms with Gasteiger partial charge in [-0.25, -0.2) is 9.37 Å². The van der Waals surface area contributed by atoms with E-state index in [0.717, 1.165) is 41.6 Å². The fraction of sp³-hybridized carbons (Fsp3) is 0.243. The van der Waals surface area contributed by atoms with Crippen LogP contribution in [0.3, 0.4) is 0 Å². The number of nitrogens with zero attached hydrogens (tertiary/aromatic N) is 4. The molecule has 0 unspecified atom stereocenters. The standard InChI is InChI=1S/C37H35Cl2FN6O3/c1-21(2)46-12-10-23-15-31(43-18-26(23)19-46)29(40)14-24-5-3-6-27(33(24)38)28-7-4-8-30(34(28)39)45-36-35-25(9-11-41-36)13-22(17-44-35)16-42-32(20-47)37(48)49/h3-9,11,13-15,17-18,21,32,42,47H,10,12,16,19-20H2,1-2H3,(H,41,45)(H,48,49)/b29-14-/t32-/m1/s1. The van der Waals surface area contributed by atoms with Crippen LogP contribution in [0.4, 0.5) is 15.9 Å². The van der Waals surface area contributed by atoms with Crippen molar-refractivity contribution < 1.29 is 19.4 Å². The van der Waals surface area contributed by atoms with Crippen LogP contribution in [0.15, 0.2) is 73.2 Å². The van der Waals surface area contributed by atoms with Crippen LogP contribution in [0.2, 0.25) is 10.0 Å². The number of hydrogen-bond acceptors (Lipinski definition) is 8. The molecule has 0 aliphatic carbocycles. The van der Waals surface area contributed by atoms with Crippen molar-refractivity contribution in [2.24, 2.45) is 0 Å². The Morgan fingerprint density at radius 2 is 1.80 bits per heavy atom. The maximum absolute atomic E-state index is 15.6. The molecule has 0 saturated heterocycles. The molecule has 1 aliphatic rings. The van der Waals surface area contributed by atoms with Gasteiger partial charge >= 0.3 is 5.97 Å². The van der Waals surface area contributed by atoms with E-state index in [1.807, 2.05) is 36.4 Å². The number of fused-ring (bicyclic) bond motifs is 2. The minimum Gasteiger partial charge on any atom is -0.480 e. The van der Waals surface area contributed by atoms with E-state index in [4.69, 9.17) is 23.2 Å².